The minimum atomic E-state index is -5.37. The molecule has 4 rings (SSSR count). The first-order valence-electron chi connectivity index (χ1n) is 14.6. The van der Waals surface area contributed by atoms with E-state index in [0.717, 1.165) is 24.3 Å². The van der Waals surface area contributed by atoms with E-state index in [0.29, 0.717) is 14.2 Å². The van der Waals surface area contributed by atoms with E-state index in [4.69, 9.17) is 23.7 Å². The SMILES string of the molecule is CO[C@](C(=O)O[C@@H]1C[C@@]2(C)OC[C@](C)([C@H]2C=C[C@@H](C)O)[C@H]1OC(=O)[C@@](OC)(c1ccccc1)C(F)(F)F)(c1ccccc1)C(F)(F)F. The number of carbonyl (C=O) groups is 2. The van der Waals surface area contributed by atoms with Crippen LogP contribution in [0.3, 0.4) is 0 Å². The van der Waals surface area contributed by atoms with E-state index < -0.39 is 88.3 Å². The Morgan fingerprint density at radius 3 is 1.70 bits per heavy atom. The number of aliphatic hydroxyl groups excluding tert-OH is 1. The smallest absolute Gasteiger partial charge is 0.432 e. The number of methoxy groups -OCH3 is 2. The fourth-order valence-corrected chi connectivity index (χ4v) is 6.78. The molecule has 8 nitrogen and oxygen atoms in total. The zero-order chi connectivity index (χ0) is 35.1. The molecule has 0 radical (unpaired) electrons. The molecule has 1 heterocycles. The molecule has 1 saturated heterocycles. The Morgan fingerprint density at radius 2 is 1.30 bits per heavy atom. The molecule has 2 aromatic rings. The number of aliphatic hydroxyl groups is 1. The van der Waals surface area contributed by atoms with Crippen LogP contribution in [0.4, 0.5) is 26.3 Å². The number of ether oxygens (including phenoxy) is 5. The molecule has 1 N–H and O–H groups in total. The maximum Gasteiger partial charge on any atom is 0.432 e. The summed E-state index contributed by atoms with van der Waals surface area (Å²) >= 11 is 0. The van der Waals surface area contributed by atoms with Crippen molar-refractivity contribution in [1.29, 1.82) is 0 Å². The summed E-state index contributed by atoms with van der Waals surface area (Å²) in [7, 11) is 1.34. The molecule has 258 valence electrons. The van der Waals surface area contributed by atoms with E-state index >= 15 is 0 Å². The zero-order valence-electron chi connectivity index (χ0n) is 26.2. The third kappa shape index (κ3) is 6.05. The van der Waals surface area contributed by atoms with Crippen molar-refractivity contribution in [2.45, 2.75) is 74.7 Å². The molecule has 1 aliphatic carbocycles. The predicted octanol–water partition coefficient (Wildman–Crippen LogP) is 5.77. The number of halogens is 6. The number of esters is 2. The molecule has 14 heteroatoms. The van der Waals surface area contributed by atoms with Crippen LogP contribution < -0.4 is 0 Å². The van der Waals surface area contributed by atoms with Gasteiger partial charge >= 0.3 is 24.3 Å². The van der Waals surface area contributed by atoms with Crippen molar-refractivity contribution in [3.8, 4) is 0 Å². The highest BCUT2D eigenvalue weighted by atomic mass is 19.4. The van der Waals surface area contributed by atoms with Crippen molar-refractivity contribution >= 4 is 11.9 Å². The van der Waals surface area contributed by atoms with Crippen LogP contribution in [0.1, 0.15) is 38.3 Å². The quantitative estimate of drug-likeness (QED) is 0.193. The highest BCUT2D eigenvalue weighted by Gasteiger charge is 2.70. The van der Waals surface area contributed by atoms with Crippen LogP contribution in [0.25, 0.3) is 0 Å². The topological polar surface area (TPSA) is 101 Å². The van der Waals surface area contributed by atoms with Crippen molar-refractivity contribution in [2.75, 3.05) is 20.8 Å². The zero-order valence-corrected chi connectivity index (χ0v) is 26.2. The lowest BCUT2D eigenvalue weighted by Crippen LogP contribution is -2.62. The number of rotatable bonds is 10. The summed E-state index contributed by atoms with van der Waals surface area (Å²) in [4.78, 5) is 27.6. The summed E-state index contributed by atoms with van der Waals surface area (Å²) in [6, 6.07) is 11.9. The lowest BCUT2D eigenvalue weighted by atomic mass is 9.60. The lowest BCUT2D eigenvalue weighted by Gasteiger charge is -2.49. The molecule has 8 atom stereocenters. The monoisotopic (exact) mass is 674 g/mol. The number of hydrogen-bond donors (Lipinski definition) is 1. The van der Waals surface area contributed by atoms with E-state index in [2.05, 4.69) is 0 Å². The van der Waals surface area contributed by atoms with Gasteiger partial charge in [0.2, 0.25) is 0 Å². The van der Waals surface area contributed by atoms with Gasteiger partial charge in [-0.1, -0.05) is 79.7 Å². The highest BCUT2D eigenvalue weighted by Crippen LogP contribution is 2.58. The Morgan fingerprint density at radius 1 is 0.851 bits per heavy atom. The normalized spacial score (nSPS) is 29.5. The van der Waals surface area contributed by atoms with Crippen molar-refractivity contribution in [3.63, 3.8) is 0 Å². The standard InChI is InChI=1S/C33H36F6O8/c1-20(40)16-17-24-28(2)19-45-29(24,3)18-23(46-26(41)30(43-4,32(34,35)36)21-12-8-6-9-13-21)25(28)47-27(42)31(44-5,33(37,38)39)22-14-10-7-11-15-22/h6-17,20,23-25,40H,18-19H2,1-5H3/t20-,23-,24-,25+,28-,29-,30+,31+/m1/s1. The van der Waals surface area contributed by atoms with E-state index in [1.54, 1.807) is 13.0 Å². The molecule has 2 bridgehead atoms. The molecule has 2 aromatic carbocycles. The number of fused-ring (bicyclic) bond motifs is 2. The van der Waals surface area contributed by atoms with Gasteiger partial charge in [-0.05, 0) is 13.8 Å². The van der Waals surface area contributed by atoms with E-state index in [-0.39, 0.29) is 6.61 Å². The van der Waals surface area contributed by atoms with Crippen molar-refractivity contribution in [2.24, 2.45) is 11.3 Å². The average molecular weight is 675 g/mol. The van der Waals surface area contributed by atoms with Gasteiger partial charge in [-0.25, -0.2) is 9.59 Å². The van der Waals surface area contributed by atoms with Gasteiger partial charge in [-0.15, -0.1) is 0 Å². The van der Waals surface area contributed by atoms with E-state index in [1.807, 2.05) is 0 Å². The molecule has 47 heavy (non-hydrogen) atoms. The number of hydrogen-bond acceptors (Lipinski definition) is 8. The van der Waals surface area contributed by atoms with Gasteiger partial charge in [-0.2, -0.15) is 26.3 Å². The fourth-order valence-electron chi connectivity index (χ4n) is 6.78. The first-order valence-corrected chi connectivity index (χ1v) is 14.6. The van der Waals surface area contributed by atoms with Gasteiger partial charge in [0.1, 0.15) is 12.2 Å². The summed E-state index contributed by atoms with van der Waals surface area (Å²) in [6.45, 7) is 4.27. The van der Waals surface area contributed by atoms with Crippen molar-refractivity contribution < 1.29 is 64.7 Å². The minimum absolute atomic E-state index is 0.255. The Labute approximate surface area is 267 Å². The summed E-state index contributed by atoms with van der Waals surface area (Å²) in [6.07, 6.45) is -12.7. The Bertz CT molecular complexity index is 1450. The Balaban J connectivity index is 1.86. The van der Waals surface area contributed by atoms with Gasteiger partial charge < -0.3 is 28.8 Å². The molecule has 0 amide bonds. The molecule has 0 spiro atoms. The second kappa shape index (κ2) is 12.9. The molecule has 2 aliphatic rings. The van der Waals surface area contributed by atoms with Crippen molar-refractivity contribution in [1.82, 2.24) is 0 Å². The minimum Gasteiger partial charge on any atom is -0.456 e. The van der Waals surface area contributed by atoms with Crippen LogP contribution in [0.2, 0.25) is 0 Å². The number of benzene rings is 2. The van der Waals surface area contributed by atoms with Crippen LogP contribution in [0, 0.1) is 11.3 Å². The maximum absolute atomic E-state index is 14.8. The summed E-state index contributed by atoms with van der Waals surface area (Å²) in [5.41, 5.74) is -11.3. The molecular weight excluding hydrogens is 638 g/mol. The van der Waals surface area contributed by atoms with Crippen molar-refractivity contribution in [3.05, 3.63) is 83.9 Å². The number of carbonyl (C=O) groups excluding carboxylic acids is 2. The molecule has 0 aromatic heterocycles. The molecule has 1 saturated carbocycles. The predicted molar refractivity (Wildman–Crippen MR) is 154 cm³/mol. The first-order chi connectivity index (χ1) is 21.8. The Hall–Kier alpha value is -3.46. The Kier molecular flexibility index (Phi) is 9.96. The molecular formula is C33H36F6O8. The fraction of sp³-hybridized carbons (Fsp3) is 0.515. The van der Waals surface area contributed by atoms with Gasteiger partial charge in [0.15, 0.2) is 0 Å². The highest BCUT2D eigenvalue weighted by molar-refractivity contribution is 5.84. The molecule has 0 unspecified atom stereocenters. The molecule has 1 aliphatic heterocycles. The van der Waals surface area contributed by atoms with Crippen LogP contribution >= 0.6 is 0 Å². The number of alkyl halides is 6. The van der Waals surface area contributed by atoms with Crippen LogP contribution in [0.15, 0.2) is 72.8 Å². The van der Waals surface area contributed by atoms with E-state index in [1.165, 1.54) is 56.3 Å². The molecule has 2 fully saturated rings. The van der Waals surface area contributed by atoms with E-state index in [9.17, 15) is 41.0 Å². The third-order valence-electron chi connectivity index (χ3n) is 9.10. The average Bonchev–Trinajstić information content (AvgIpc) is 3.19. The van der Waals surface area contributed by atoms with Gasteiger partial charge in [0.25, 0.3) is 11.2 Å². The second-order valence-corrected chi connectivity index (χ2v) is 12.2. The summed E-state index contributed by atoms with van der Waals surface area (Å²) < 4.78 is 116. The van der Waals surface area contributed by atoms with Gasteiger partial charge in [-0.3, -0.25) is 0 Å². The van der Waals surface area contributed by atoms with Gasteiger partial charge in [0.05, 0.1) is 18.3 Å². The third-order valence-corrected chi connectivity index (χ3v) is 9.10. The lowest BCUT2D eigenvalue weighted by molar-refractivity contribution is -0.290. The summed E-state index contributed by atoms with van der Waals surface area (Å²) in [5.74, 6) is -4.62. The maximum atomic E-state index is 14.8. The van der Waals surface area contributed by atoms with Crippen LogP contribution in [-0.4, -0.2) is 74.1 Å². The summed E-state index contributed by atoms with van der Waals surface area (Å²) in [5, 5.41) is 9.94. The van der Waals surface area contributed by atoms with Crippen LogP contribution in [0.5, 0.6) is 0 Å². The van der Waals surface area contributed by atoms with Gasteiger partial charge in [0, 0.05) is 43.1 Å². The second-order valence-electron chi connectivity index (χ2n) is 12.2. The van der Waals surface area contributed by atoms with Crippen LogP contribution in [-0.2, 0) is 44.5 Å². The first kappa shape index (κ1) is 36.4. The largest absolute Gasteiger partial charge is 0.456 e.